The molecule has 0 aromatic carbocycles. The standard InChI is InChI=1S/C13H25NO3S/c1-3-4-8-12(14)13(15)10-6-5-7-11(9-10)18(2,16)17/h10-12H,3-9,14H2,1-2H3. The minimum Gasteiger partial charge on any atom is -0.321 e. The van der Waals surface area contributed by atoms with Crippen LogP contribution >= 0.6 is 0 Å². The monoisotopic (exact) mass is 275 g/mol. The van der Waals surface area contributed by atoms with Gasteiger partial charge in [-0.05, 0) is 25.7 Å². The second-order valence-electron chi connectivity index (χ2n) is 5.47. The molecule has 18 heavy (non-hydrogen) atoms. The molecule has 0 spiro atoms. The predicted molar refractivity (Wildman–Crippen MR) is 73.1 cm³/mol. The fraction of sp³-hybridized carbons (Fsp3) is 0.923. The Morgan fingerprint density at radius 1 is 1.39 bits per heavy atom. The highest BCUT2D eigenvalue weighted by Crippen LogP contribution is 2.30. The zero-order valence-electron chi connectivity index (χ0n) is 11.4. The van der Waals surface area contributed by atoms with Crippen LogP contribution in [0.4, 0.5) is 0 Å². The number of unbranched alkanes of at least 4 members (excludes halogenated alkanes) is 1. The van der Waals surface area contributed by atoms with Crippen molar-refractivity contribution >= 4 is 15.6 Å². The lowest BCUT2D eigenvalue weighted by Crippen LogP contribution is -2.39. The summed E-state index contributed by atoms with van der Waals surface area (Å²) in [4.78, 5) is 12.2. The lowest BCUT2D eigenvalue weighted by atomic mass is 9.83. The maximum Gasteiger partial charge on any atom is 0.152 e. The van der Waals surface area contributed by atoms with Gasteiger partial charge in [0.25, 0.3) is 0 Å². The molecule has 5 heteroatoms. The Morgan fingerprint density at radius 3 is 2.61 bits per heavy atom. The Kier molecular flexibility index (Phi) is 5.79. The van der Waals surface area contributed by atoms with Gasteiger partial charge in [-0.1, -0.05) is 26.2 Å². The van der Waals surface area contributed by atoms with Gasteiger partial charge in [-0.25, -0.2) is 8.42 Å². The van der Waals surface area contributed by atoms with E-state index in [9.17, 15) is 13.2 Å². The summed E-state index contributed by atoms with van der Waals surface area (Å²) in [6, 6.07) is -0.409. The fourth-order valence-corrected chi connectivity index (χ4v) is 3.84. The lowest BCUT2D eigenvalue weighted by molar-refractivity contribution is -0.125. The quantitative estimate of drug-likeness (QED) is 0.800. The van der Waals surface area contributed by atoms with Gasteiger partial charge < -0.3 is 5.73 Å². The predicted octanol–water partition coefficient (Wildman–Crippen LogP) is 1.68. The topological polar surface area (TPSA) is 77.2 Å². The lowest BCUT2D eigenvalue weighted by Gasteiger charge is -2.28. The molecule has 0 aromatic heterocycles. The molecule has 2 N–H and O–H groups in total. The van der Waals surface area contributed by atoms with Crippen LogP contribution in [-0.2, 0) is 14.6 Å². The molecule has 0 saturated heterocycles. The Balaban J connectivity index is 2.58. The first kappa shape index (κ1) is 15.6. The number of hydrogen-bond acceptors (Lipinski definition) is 4. The highest BCUT2D eigenvalue weighted by atomic mass is 32.2. The summed E-state index contributed by atoms with van der Waals surface area (Å²) in [5.74, 6) is -0.0814. The molecule has 1 aliphatic rings. The SMILES string of the molecule is CCCCC(N)C(=O)C1CCCC(S(C)(=O)=O)C1. The molecule has 1 fully saturated rings. The minimum absolute atomic E-state index is 0.0665. The molecular formula is C13H25NO3S. The minimum atomic E-state index is -3.03. The summed E-state index contributed by atoms with van der Waals surface area (Å²) in [7, 11) is -3.03. The van der Waals surface area contributed by atoms with E-state index in [1.165, 1.54) is 6.26 Å². The Hall–Kier alpha value is -0.420. The number of carbonyl (C=O) groups excluding carboxylic acids is 1. The largest absolute Gasteiger partial charge is 0.321 e. The number of Topliss-reactive ketones (excluding diaryl/α,β-unsaturated/α-hetero) is 1. The first-order chi connectivity index (χ1) is 8.36. The van der Waals surface area contributed by atoms with E-state index in [-0.39, 0.29) is 17.0 Å². The normalized spacial score (nSPS) is 26.8. The molecule has 1 aliphatic carbocycles. The Bertz CT molecular complexity index is 378. The maximum atomic E-state index is 12.2. The van der Waals surface area contributed by atoms with E-state index < -0.39 is 15.9 Å². The number of ketones is 1. The van der Waals surface area contributed by atoms with Crippen molar-refractivity contribution in [2.75, 3.05) is 6.26 Å². The van der Waals surface area contributed by atoms with E-state index in [2.05, 4.69) is 6.92 Å². The summed E-state index contributed by atoms with van der Waals surface area (Å²) in [5, 5.41) is -0.349. The molecule has 0 bridgehead atoms. The molecule has 0 heterocycles. The smallest absolute Gasteiger partial charge is 0.152 e. The third kappa shape index (κ3) is 4.35. The van der Waals surface area contributed by atoms with E-state index in [1.807, 2.05) is 0 Å². The molecule has 0 aliphatic heterocycles. The van der Waals surface area contributed by atoms with Gasteiger partial charge in [-0.15, -0.1) is 0 Å². The zero-order valence-corrected chi connectivity index (χ0v) is 12.2. The van der Waals surface area contributed by atoms with Crippen molar-refractivity contribution in [3.05, 3.63) is 0 Å². The van der Waals surface area contributed by atoms with Crippen LogP contribution in [0.2, 0.25) is 0 Å². The van der Waals surface area contributed by atoms with Gasteiger partial charge in [0.1, 0.15) is 9.84 Å². The molecule has 0 aromatic rings. The van der Waals surface area contributed by atoms with Crippen molar-refractivity contribution in [1.29, 1.82) is 0 Å². The fourth-order valence-electron chi connectivity index (χ4n) is 2.66. The van der Waals surface area contributed by atoms with Crippen LogP contribution in [0.1, 0.15) is 51.9 Å². The molecular weight excluding hydrogens is 250 g/mol. The van der Waals surface area contributed by atoms with Crippen molar-refractivity contribution in [1.82, 2.24) is 0 Å². The number of carbonyl (C=O) groups is 1. The van der Waals surface area contributed by atoms with E-state index in [0.717, 1.165) is 32.1 Å². The number of rotatable bonds is 6. The van der Waals surface area contributed by atoms with Crippen LogP contribution in [0.15, 0.2) is 0 Å². The van der Waals surface area contributed by atoms with E-state index in [0.29, 0.717) is 12.8 Å². The van der Waals surface area contributed by atoms with Crippen LogP contribution in [0.25, 0.3) is 0 Å². The number of hydrogen-bond donors (Lipinski definition) is 1. The van der Waals surface area contributed by atoms with Crippen molar-refractivity contribution in [3.8, 4) is 0 Å². The summed E-state index contributed by atoms with van der Waals surface area (Å²) in [5.41, 5.74) is 5.89. The second-order valence-corrected chi connectivity index (χ2v) is 7.79. The Morgan fingerprint density at radius 2 is 2.06 bits per heavy atom. The van der Waals surface area contributed by atoms with Crippen LogP contribution in [0, 0.1) is 5.92 Å². The highest BCUT2D eigenvalue weighted by Gasteiger charge is 2.33. The van der Waals surface area contributed by atoms with E-state index in [4.69, 9.17) is 5.73 Å². The summed E-state index contributed by atoms with van der Waals surface area (Å²) in [6.07, 6.45) is 6.73. The molecule has 0 radical (unpaired) electrons. The summed E-state index contributed by atoms with van der Waals surface area (Å²) in [6.45, 7) is 2.07. The van der Waals surface area contributed by atoms with Crippen molar-refractivity contribution in [2.45, 2.75) is 63.2 Å². The van der Waals surface area contributed by atoms with Crippen molar-refractivity contribution < 1.29 is 13.2 Å². The van der Waals surface area contributed by atoms with Gasteiger partial charge in [0, 0.05) is 12.2 Å². The average Bonchev–Trinajstić information content (AvgIpc) is 2.34. The van der Waals surface area contributed by atoms with Gasteiger partial charge in [0.2, 0.25) is 0 Å². The zero-order chi connectivity index (χ0) is 13.8. The van der Waals surface area contributed by atoms with Gasteiger partial charge >= 0.3 is 0 Å². The molecule has 0 amide bonds. The molecule has 1 saturated carbocycles. The second kappa shape index (κ2) is 6.66. The van der Waals surface area contributed by atoms with Crippen LogP contribution < -0.4 is 5.73 Å². The molecule has 4 nitrogen and oxygen atoms in total. The third-order valence-electron chi connectivity index (χ3n) is 3.87. The average molecular weight is 275 g/mol. The molecule has 3 unspecified atom stereocenters. The molecule has 106 valence electrons. The number of nitrogens with two attached hydrogens (primary N) is 1. The first-order valence-corrected chi connectivity index (χ1v) is 8.80. The third-order valence-corrected chi connectivity index (χ3v) is 5.51. The molecule has 1 rings (SSSR count). The van der Waals surface area contributed by atoms with Crippen LogP contribution in [-0.4, -0.2) is 31.7 Å². The van der Waals surface area contributed by atoms with Crippen LogP contribution in [0.5, 0.6) is 0 Å². The molecule has 3 atom stereocenters. The number of sulfone groups is 1. The van der Waals surface area contributed by atoms with Crippen LogP contribution in [0.3, 0.4) is 0 Å². The van der Waals surface area contributed by atoms with Gasteiger partial charge in [-0.3, -0.25) is 4.79 Å². The van der Waals surface area contributed by atoms with Gasteiger partial charge in [0.15, 0.2) is 5.78 Å². The first-order valence-electron chi connectivity index (χ1n) is 6.84. The highest BCUT2D eigenvalue weighted by molar-refractivity contribution is 7.91. The summed E-state index contributed by atoms with van der Waals surface area (Å²) >= 11 is 0. The summed E-state index contributed by atoms with van der Waals surface area (Å²) < 4.78 is 23.1. The Labute approximate surface area is 110 Å². The maximum absolute atomic E-state index is 12.2. The van der Waals surface area contributed by atoms with Gasteiger partial charge in [-0.2, -0.15) is 0 Å². The van der Waals surface area contributed by atoms with Crippen molar-refractivity contribution in [2.24, 2.45) is 11.7 Å². The van der Waals surface area contributed by atoms with E-state index in [1.54, 1.807) is 0 Å². The van der Waals surface area contributed by atoms with Crippen molar-refractivity contribution in [3.63, 3.8) is 0 Å². The van der Waals surface area contributed by atoms with Gasteiger partial charge in [0.05, 0.1) is 11.3 Å². The van der Waals surface area contributed by atoms with E-state index >= 15 is 0 Å².